The molecule has 0 unspecified atom stereocenters. The number of anilines is 1. The Balaban J connectivity index is 2.76. The van der Waals surface area contributed by atoms with E-state index in [1.54, 1.807) is 26.0 Å². The molecule has 0 amide bonds. The minimum Gasteiger partial charge on any atom is -0.283 e. The Bertz CT molecular complexity index is 426. The molecule has 3 nitrogen and oxygen atoms in total. The maximum Gasteiger partial charge on any atom is 0.235 e. The van der Waals surface area contributed by atoms with Gasteiger partial charge >= 0.3 is 0 Å². The minimum atomic E-state index is -3.25. The standard InChI is InChI=1S/C11H16ClNO2S/c1-9(2)16(14,15)13-11-5-3-10(4-6-11)7-8-12/h3-6,9,13H,7-8H2,1-2H3. The van der Waals surface area contributed by atoms with E-state index in [1.165, 1.54) is 0 Å². The van der Waals surface area contributed by atoms with E-state index < -0.39 is 15.3 Å². The van der Waals surface area contributed by atoms with Crippen molar-refractivity contribution in [2.24, 2.45) is 0 Å². The second-order valence-corrected chi connectivity index (χ2v) is 6.45. The molecule has 0 saturated heterocycles. The second kappa shape index (κ2) is 5.55. The fraction of sp³-hybridized carbons (Fsp3) is 0.455. The molecular formula is C11H16ClNO2S. The molecule has 0 saturated carbocycles. The van der Waals surface area contributed by atoms with Gasteiger partial charge in [0.15, 0.2) is 0 Å². The molecule has 0 aliphatic heterocycles. The Kier molecular flexibility index (Phi) is 4.62. The van der Waals surface area contributed by atoms with Crippen molar-refractivity contribution < 1.29 is 8.42 Å². The summed E-state index contributed by atoms with van der Waals surface area (Å²) in [5, 5.41) is -0.435. The Morgan fingerprint density at radius 1 is 1.25 bits per heavy atom. The van der Waals surface area contributed by atoms with Gasteiger partial charge in [0.2, 0.25) is 10.0 Å². The van der Waals surface area contributed by atoms with Gasteiger partial charge in [-0.2, -0.15) is 0 Å². The van der Waals surface area contributed by atoms with Gasteiger partial charge in [0, 0.05) is 11.6 Å². The van der Waals surface area contributed by atoms with Gasteiger partial charge in [0.05, 0.1) is 5.25 Å². The van der Waals surface area contributed by atoms with Gasteiger partial charge in [-0.05, 0) is 38.0 Å². The van der Waals surface area contributed by atoms with E-state index in [4.69, 9.17) is 11.6 Å². The van der Waals surface area contributed by atoms with Gasteiger partial charge in [-0.25, -0.2) is 8.42 Å². The Hall–Kier alpha value is -0.740. The van der Waals surface area contributed by atoms with Gasteiger partial charge in [-0.3, -0.25) is 4.72 Å². The normalized spacial score (nSPS) is 11.8. The zero-order valence-corrected chi connectivity index (χ0v) is 11.0. The molecule has 0 heterocycles. The average molecular weight is 262 g/mol. The SMILES string of the molecule is CC(C)S(=O)(=O)Nc1ccc(CCCl)cc1. The number of nitrogens with one attached hydrogen (secondary N) is 1. The molecule has 1 aromatic carbocycles. The lowest BCUT2D eigenvalue weighted by Crippen LogP contribution is -2.22. The predicted octanol–water partition coefficient (Wildman–Crippen LogP) is 2.62. The van der Waals surface area contributed by atoms with Crippen LogP contribution < -0.4 is 4.72 Å². The van der Waals surface area contributed by atoms with Crippen LogP contribution >= 0.6 is 11.6 Å². The van der Waals surface area contributed by atoms with Crippen molar-refractivity contribution >= 4 is 27.3 Å². The van der Waals surface area contributed by atoms with E-state index in [1.807, 2.05) is 12.1 Å². The van der Waals surface area contributed by atoms with E-state index in [9.17, 15) is 8.42 Å². The molecule has 0 aromatic heterocycles. The van der Waals surface area contributed by atoms with Crippen LogP contribution in [0.2, 0.25) is 0 Å². The van der Waals surface area contributed by atoms with Crippen LogP contribution in [0.15, 0.2) is 24.3 Å². The highest BCUT2D eigenvalue weighted by atomic mass is 35.5. The van der Waals surface area contributed by atoms with Gasteiger partial charge in [0.1, 0.15) is 0 Å². The Labute approximate surface area is 102 Å². The van der Waals surface area contributed by atoms with Gasteiger partial charge in [0.25, 0.3) is 0 Å². The molecule has 1 rings (SSSR count). The zero-order valence-electron chi connectivity index (χ0n) is 9.40. The topological polar surface area (TPSA) is 46.2 Å². The molecule has 0 radical (unpaired) electrons. The predicted molar refractivity (Wildman–Crippen MR) is 68.5 cm³/mol. The highest BCUT2D eigenvalue weighted by molar-refractivity contribution is 7.93. The number of alkyl halides is 1. The summed E-state index contributed by atoms with van der Waals surface area (Å²) in [6.45, 7) is 3.29. The Morgan fingerprint density at radius 3 is 2.25 bits per heavy atom. The van der Waals surface area contributed by atoms with Crippen molar-refractivity contribution in [3.05, 3.63) is 29.8 Å². The van der Waals surface area contributed by atoms with Crippen LogP contribution in [0.3, 0.4) is 0 Å². The van der Waals surface area contributed by atoms with Gasteiger partial charge in [-0.15, -0.1) is 11.6 Å². The molecular weight excluding hydrogens is 246 g/mol. The van der Waals surface area contributed by atoms with E-state index in [0.29, 0.717) is 11.6 Å². The van der Waals surface area contributed by atoms with Crippen LogP contribution in [0.4, 0.5) is 5.69 Å². The molecule has 5 heteroatoms. The van der Waals surface area contributed by atoms with Crippen LogP contribution in [0, 0.1) is 0 Å². The third-order valence-corrected chi connectivity index (χ3v) is 4.17. The first-order valence-electron chi connectivity index (χ1n) is 5.12. The summed E-state index contributed by atoms with van der Waals surface area (Å²) in [4.78, 5) is 0. The van der Waals surface area contributed by atoms with E-state index in [-0.39, 0.29) is 0 Å². The van der Waals surface area contributed by atoms with Crippen molar-refractivity contribution in [3.63, 3.8) is 0 Å². The smallest absolute Gasteiger partial charge is 0.235 e. The highest BCUT2D eigenvalue weighted by Crippen LogP contribution is 2.13. The lowest BCUT2D eigenvalue weighted by molar-refractivity contribution is 0.593. The summed E-state index contributed by atoms with van der Waals surface area (Å²) in [6, 6.07) is 7.25. The van der Waals surface area contributed by atoms with Crippen LogP contribution in [0.5, 0.6) is 0 Å². The van der Waals surface area contributed by atoms with Crippen molar-refractivity contribution in [2.45, 2.75) is 25.5 Å². The molecule has 0 aliphatic carbocycles. The summed E-state index contributed by atoms with van der Waals surface area (Å²) in [6.07, 6.45) is 0.790. The lowest BCUT2D eigenvalue weighted by atomic mass is 10.2. The summed E-state index contributed by atoms with van der Waals surface area (Å²) in [7, 11) is -3.25. The van der Waals surface area contributed by atoms with E-state index in [0.717, 1.165) is 12.0 Å². The number of halogens is 1. The molecule has 1 N–H and O–H groups in total. The summed E-state index contributed by atoms with van der Waals surface area (Å²) in [5.41, 5.74) is 1.69. The summed E-state index contributed by atoms with van der Waals surface area (Å²) >= 11 is 5.61. The number of sulfonamides is 1. The molecule has 0 fully saturated rings. The molecule has 16 heavy (non-hydrogen) atoms. The quantitative estimate of drug-likeness (QED) is 0.829. The Morgan fingerprint density at radius 2 is 1.81 bits per heavy atom. The number of hydrogen-bond acceptors (Lipinski definition) is 2. The first-order chi connectivity index (χ1) is 7.45. The fourth-order valence-electron chi connectivity index (χ4n) is 1.13. The summed E-state index contributed by atoms with van der Waals surface area (Å²) in [5.74, 6) is 0.567. The highest BCUT2D eigenvalue weighted by Gasteiger charge is 2.14. The molecule has 0 aliphatic rings. The van der Waals surface area contributed by atoms with Crippen molar-refractivity contribution in [3.8, 4) is 0 Å². The van der Waals surface area contributed by atoms with Gasteiger partial charge in [-0.1, -0.05) is 12.1 Å². The monoisotopic (exact) mass is 261 g/mol. The lowest BCUT2D eigenvalue weighted by Gasteiger charge is -2.10. The van der Waals surface area contributed by atoms with E-state index >= 15 is 0 Å². The first-order valence-corrected chi connectivity index (χ1v) is 7.20. The third kappa shape index (κ3) is 3.68. The van der Waals surface area contributed by atoms with Crippen molar-refractivity contribution in [2.75, 3.05) is 10.6 Å². The fourth-order valence-corrected chi connectivity index (χ4v) is 2.05. The molecule has 90 valence electrons. The largest absolute Gasteiger partial charge is 0.283 e. The van der Waals surface area contributed by atoms with Crippen LogP contribution in [0.25, 0.3) is 0 Å². The van der Waals surface area contributed by atoms with Crippen LogP contribution in [-0.2, 0) is 16.4 Å². The molecule has 1 aromatic rings. The van der Waals surface area contributed by atoms with Crippen molar-refractivity contribution in [1.29, 1.82) is 0 Å². The van der Waals surface area contributed by atoms with Crippen LogP contribution in [0.1, 0.15) is 19.4 Å². The average Bonchev–Trinajstić information content (AvgIpc) is 2.21. The number of benzene rings is 1. The molecule has 0 spiro atoms. The van der Waals surface area contributed by atoms with Crippen molar-refractivity contribution in [1.82, 2.24) is 0 Å². The minimum absolute atomic E-state index is 0.435. The number of rotatable bonds is 5. The van der Waals surface area contributed by atoms with E-state index in [2.05, 4.69) is 4.72 Å². The molecule has 0 atom stereocenters. The van der Waals surface area contributed by atoms with Gasteiger partial charge < -0.3 is 0 Å². The molecule has 0 bridgehead atoms. The third-order valence-electron chi connectivity index (χ3n) is 2.22. The number of aryl methyl sites for hydroxylation is 1. The number of hydrogen-bond donors (Lipinski definition) is 1. The second-order valence-electron chi connectivity index (χ2n) is 3.83. The zero-order chi connectivity index (χ0) is 12.2. The maximum atomic E-state index is 11.6. The van der Waals surface area contributed by atoms with Crippen LogP contribution in [-0.4, -0.2) is 19.5 Å². The maximum absolute atomic E-state index is 11.6. The summed E-state index contributed by atoms with van der Waals surface area (Å²) < 4.78 is 25.7. The first kappa shape index (κ1) is 13.3.